The SMILES string of the molecule is CC(C)C[NH3+].CCC[NH3+]. The van der Waals surface area contributed by atoms with E-state index < -0.39 is 0 Å². The molecule has 58 valence electrons. The summed E-state index contributed by atoms with van der Waals surface area (Å²) in [6.45, 7) is 8.56. The Morgan fingerprint density at radius 3 is 1.44 bits per heavy atom. The molecule has 2 heteroatoms. The molecule has 0 aliphatic heterocycles. The third-order valence-electron chi connectivity index (χ3n) is 0.931. The summed E-state index contributed by atoms with van der Waals surface area (Å²) < 4.78 is 0. The normalized spacial score (nSPS) is 8.67. The maximum Gasteiger partial charge on any atom is 0.0763 e. The average Bonchev–Trinajstić information content (AvgIpc) is 1.89. The maximum absolute atomic E-state index is 3.69. The molecule has 6 N–H and O–H groups in total. The zero-order valence-corrected chi connectivity index (χ0v) is 7.11. The van der Waals surface area contributed by atoms with E-state index in [4.69, 9.17) is 0 Å². The van der Waals surface area contributed by atoms with Crippen molar-refractivity contribution in [2.75, 3.05) is 13.1 Å². The number of hydrogen-bond acceptors (Lipinski definition) is 0. The van der Waals surface area contributed by atoms with Gasteiger partial charge in [-0.25, -0.2) is 0 Å². The summed E-state index contributed by atoms with van der Waals surface area (Å²) in [4.78, 5) is 0. The first-order valence-corrected chi connectivity index (χ1v) is 3.77. The van der Waals surface area contributed by atoms with Crippen molar-refractivity contribution in [2.24, 2.45) is 5.92 Å². The van der Waals surface area contributed by atoms with Crippen molar-refractivity contribution in [3.8, 4) is 0 Å². The Bertz CT molecular complexity index is 33.9. The number of hydrogen-bond donors (Lipinski definition) is 2. The molecule has 0 aromatic rings. The number of rotatable bonds is 2. The van der Waals surface area contributed by atoms with Crippen LogP contribution in [0.4, 0.5) is 0 Å². The summed E-state index contributed by atoms with van der Waals surface area (Å²) in [5.74, 6) is 0.773. The van der Waals surface area contributed by atoms with Gasteiger partial charge in [0.25, 0.3) is 0 Å². The van der Waals surface area contributed by atoms with Crippen LogP contribution in [0.3, 0.4) is 0 Å². The van der Waals surface area contributed by atoms with Crippen LogP contribution in [0, 0.1) is 5.92 Å². The lowest BCUT2D eigenvalue weighted by atomic mass is 10.2. The Morgan fingerprint density at radius 2 is 1.44 bits per heavy atom. The molecule has 0 aromatic heterocycles. The molecule has 0 saturated carbocycles. The Labute approximate surface area is 58.6 Å². The van der Waals surface area contributed by atoms with Gasteiger partial charge in [-0.3, -0.25) is 0 Å². The van der Waals surface area contributed by atoms with E-state index in [1.807, 2.05) is 0 Å². The Morgan fingerprint density at radius 1 is 1.22 bits per heavy atom. The van der Waals surface area contributed by atoms with Gasteiger partial charge in [-0.05, 0) is 6.42 Å². The van der Waals surface area contributed by atoms with Crippen LogP contribution in [0.5, 0.6) is 0 Å². The van der Waals surface area contributed by atoms with Gasteiger partial charge >= 0.3 is 0 Å². The van der Waals surface area contributed by atoms with E-state index in [0.29, 0.717) is 0 Å². The highest BCUT2D eigenvalue weighted by atomic mass is 14.5. The smallest absolute Gasteiger partial charge is 0.0763 e. The Kier molecular flexibility index (Phi) is 14.0. The fraction of sp³-hybridized carbons (Fsp3) is 1.00. The van der Waals surface area contributed by atoms with Crippen molar-refractivity contribution in [1.82, 2.24) is 0 Å². The lowest BCUT2D eigenvalue weighted by Crippen LogP contribution is -2.52. The second kappa shape index (κ2) is 10.8. The second-order valence-corrected chi connectivity index (χ2v) is 2.54. The summed E-state index contributed by atoms with van der Waals surface area (Å²) in [5.41, 5.74) is 7.29. The van der Waals surface area contributed by atoms with E-state index in [1.54, 1.807) is 0 Å². The highest BCUT2D eigenvalue weighted by molar-refractivity contribution is 4.30. The van der Waals surface area contributed by atoms with Crippen molar-refractivity contribution in [1.29, 1.82) is 0 Å². The van der Waals surface area contributed by atoms with Crippen LogP contribution in [0.25, 0.3) is 0 Å². The van der Waals surface area contributed by atoms with Gasteiger partial charge in [-0.1, -0.05) is 20.8 Å². The van der Waals surface area contributed by atoms with Crippen molar-refractivity contribution >= 4 is 0 Å². The van der Waals surface area contributed by atoms with Gasteiger partial charge in [-0.15, -0.1) is 0 Å². The van der Waals surface area contributed by atoms with Gasteiger partial charge in [0, 0.05) is 5.92 Å². The lowest BCUT2D eigenvalue weighted by molar-refractivity contribution is -0.376. The summed E-state index contributed by atoms with van der Waals surface area (Å²) in [6, 6.07) is 0. The van der Waals surface area contributed by atoms with Gasteiger partial charge in [0.2, 0.25) is 0 Å². The van der Waals surface area contributed by atoms with Gasteiger partial charge in [0.15, 0.2) is 0 Å². The maximum atomic E-state index is 3.69. The highest BCUT2D eigenvalue weighted by Gasteiger charge is 1.83. The van der Waals surface area contributed by atoms with E-state index in [0.717, 1.165) is 19.0 Å². The van der Waals surface area contributed by atoms with E-state index in [2.05, 4.69) is 32.2 Å². The monoisotopic (exact) mass is 134 g/mol. The molecule has 0 amide bonds. The van der Waals surface area contributed by atoms with E-state index in [9.17, 15) is 0 Å². The fourth-order valence-corrected chi connectivity index (χ4v) is 0. The van der Waals surface area contributed by atoms with Gasteiger partial charge < -0.3 is 11.5 Å². The molecule has 9 heavy (non-hydrogen) atoms. The van der Waals surface area contributed by atoms with Crippen LogP contribution in [-0.4, -0.2) is 13.1 Å². The van der Waals surface area contributed by atoms with E-state index >= 15 is 0 Å². The molecule has 0 fully saturated rings. The molecule has 0 rings (SSSR count). The van der Waals surface area contributed by atoms with Crippen LogP contribution >= 0.6 is 0 Å². The van der Waals surface area contributed by atoms with Crippen molar-refractivity contribution in [2.45, 2.75) is 27.2 Å². The molecule has 0 unspecified atom stereocenters. The molecule has 0 bridgehead atoms. The molecular weight excluding hydrogens is 112 g/mol. The van der Waals surface area contributed by atoms with E-state index in [-0.39, 0.29) is 0 Å². The number of quaternary nitrogens is 2. The Hall–Kier alpha value is -0.0800. The predicted molar refractivity (Wildman–Crippen MR) is 40.6 cm³/mol. The molecule has 2 nitrogen and oxygen atoms in total. The minimum absolute atomic E-state index is 0.773. The molecule has 0 aliphatic rings. The van der Waals surface area contributed by atoms with Crippen molar-refractivity contribution in [3.05, 3.63) is 0 Å². The largest absolute Gasteiger partial charge is 0.358 e. The van der Waals surface area contributed by atoms with Crippen LogP contribution < -0.4 is 11.5 Å². The van der Waals surface area contributed by atoms with Crippen molar-refractivity contribution in [3.63, 3.8) is 0 Å². The quantitative estimate of drug-likeness (QED) is 0.513. The van der Waals surface area contributed by atoms with Gasteiger partial charge in [-0.2, -0.15) is 0 Å². The fourth-order valence-electron chi connectivity index (χ4n) is 0. The lowest BCUT2D eigenvalue weighted by Gasteiger charge is -1.87. The summed E-state index contributed by atoms with van der Waals surface area (Å²) in [5, 5.41) is 0. The van der Waals surface area contributed by atoms with Gasteiger partial charge in [0.05, 0.1) is 13.1 Å². The molecule has 0 aromatic carbocycles. The second-order valence-electron chi connectivity index (χ2n) is 2.54. The highest BCUT2D eigenvalue weighted by Crippen LogP contribution is 1.79. The third kappa shape index (κ3) is 32.6. The van der Waals surface area contributed by atoms with Crippen molar-refractivity contribution < 1.29 is 11.5 Å². The van der Waals surface area contributed by atoms with E-state index in [1.165, 1.54) is 6.42 Å². The first kappa shape index (κ1) is 11.7. The molecule has 0 aliphatic carbocycles. The third-order valence-corrected chi connectivity index (χ3v) is 0.931. The summed E-state index contributed by atoms with van der Waals surface area (Å²) >= 11 is 0. The molecule has 0 radical (unpaired) electrons. The minimum atomic E-state index is 0.773. The zero-order chi connectivity index (χ0) is 7.70. The summed E-state index contributed by atoms with van der Waals surface area (Å²) in [6.07, 6.45) is 1.21. The summed E-state index contributed by atoms with van der Waals surface area (Å²) in [7, 11) is 0. The predicted octanol–water partition coefficient (Wildman–Crippen LogP) is -0.477. The van der Waals surface area contributed by atoms with Crippen LogP contribution in [0.15, 0.2) is 0 Å². The first-order valence-electron chi connectivity index (χ1n) is 3.77. The van der Waals surface area contributed by atoms with Crippen LogP contribution in [0.1, 0.15) is 27.2 Å². The molecule has 0 saturated heterocycles. The average molecular weight is 134 g/mol. The van der Waals surface area contributed by atoms with Crippen LogP contribution in [0.2, 0.25) is 0 Å². The molecule has 0 atom stereocenters. The molecular formula is C7H22N2+2. The standard InChI is InChI=1S/C4H11N.C3H9N/c1-4(2)3-5;1-2-3-4/h4H,3,5H2,1-2H3;2-4H2,1H3/p+2. The van der Waals surface area contributed by atoms with Crippen LogP contribution in [-0.2, 0) is 0 Å². The topological polar surface area (TPSA) is 55.3 Å². The molecule has 0 spiro atoms. The molecule has 0 heterocycles. The first-order chi connectivity index (χ1) is 4.18. The van der Waals surface area contributed by atoms with Gasteiger partial charge in [0.1, 0.15) is 0 Å². The Balaban J connectivity index is 0. The zero-order valence-electron chi connectivity index (χ0n) is 7.11. The minimum Gasteiger partial charge on any atom is -0.358 e.